The van der Waals surface area contributed by atoms with Crippen molar-refractivity contribution >= 4 is 17.0 Å². The van der Waals surface area contributed by atoms with Gasteiger partial charge >= 0.3 is 0 Å². The fraction of sp³-hybridized carbons (Fsp3) is 0.417. The number of anilines is 1. The Morgan fingerprint density at radius 1 is 1.53 bits per heavy atom. The molecule has 1 aromatic heterocycles. The van der Waals surface area contributed by atoms with Crippen LogP contribution in [0.25, 0.3) is 11.0 Å². The lowest BCUT2D eigenvalue weighted by atomic mass is 10.2. The molecule has 0 saturated carbocycles. The molecule has 0 spiro atoms. The molecule has 5 heteroatoms. The summed E-state index contributed by atoms with van der Waals surface area (Å²) in [6, 6.07) is 4.51. The number of aromatic nitrogens is 2. The Labute approximate surface area is 98.2 Å². The highest BCUT2D eigenvalue weighted by Gasteiger charge is 2.19. The zero-order chi connectivity index (χ0) is 11.8. The Morgan fingerprint density at radius 3 is 3.18 bits per heavy atom. The molecule has 1 aliphatic rings. The van der Waals surface area contributed by atoms with E-state index in [0.29, 0.717) is 12.5 Å². The summed E-state index contributed by atoms with van der Waals surface area (Å²) in [5.41, 5.74) is 7.31. The van der Waals surface area contributed by atoms with Crippen LogP contribution in [0.4, 0.5) is 10.3 Å². The molecule has 17 heavy (non-hydrogen) atoms. The summed E-state index contributed by atoms with van der Waals surface area (Å²) >= 11 is 0. The standard InChI is InChI=1S/C12H14FN3O/c13-8-3-4-10-11(6-8)16(12(14)15-10)7-9-2-1-5-17-9/h3-4,6,9H,1-2,5,7H2,(H2,14,15). The van der Waals surface area contributed by atoms with Crippen LogP contribution in [0, 0.1) is 5.82 Å². The van der Waals surface area contributed by atoms with E-state index in [1.807, 2.05) is 4.57 Å². The molecule has 1 unspecified atom stereocenters. The largest absolute Gasteiger partial charge is 0.376 e. The quantitative estimate of drug-likeness (QED) is 0.865. The van der Waals surface area contributed by atoms with Gasteiger partial charge in [0.05, 0.1) is 23.7 Å². The van der Waals surface area contributed by atoms with Gasteiger partial charge in [-0.15, -0.1) is 0 Å². The molecule has 0 bridgehead atoms. The summed E-state index contributed by atoms with van der Waals surface area (Å²) in [4.78, 5) is 4.21. The van der Waals surface area contributed by atoms with Crippen molar-refractivity contribution in [2.45, 2.75) is 25.5 Å². The number of fused-ring (bicyclic) bond motifs is 1. The minimum atomic E-state index is -0.272. The van der Waals surface area contributed by atoms with Crippen LogP contribution in [0.5, 0.6) is 0 Å². The van der Waals surface area contributed by atoms with E-state index in [1.54, 1.807) is 6.07 Å². The van der Waals surface area contributed by atoms with Crippen LogP contribution in [0.3, 0.4) is 0 Å². The van der Waals surface area contributed by atoms with E-state index in [-0.39, 0.29) is 11.9 Å². The lowest BCUT2D eigenvalue weighted by Gasteiger charge is -2.12. The molecule has 0 amide bonds. The molecule has 1 aliphatic heterocycles. The van der Waals surface area contributed by atoms with E-state index in [2.05, 4.69) is 4.98 Å². The lowest BCUT2D eigenvalue weighted by molar-refractivity contribution is 0.0983. The second-order valence-corrected chi connectivity index (χ2v) is 4.35. The van der Waals surface area contributed by atoms with Crippen LogP contribution in [0.15, 0.2) is 18.2 Å². The maximum absolute atomic E-state index is 13.2. The number of ether oxygens (including phenoxy) is 1. The highest BCUT2D eigenvalue weighted by Crippen LogP contribution is 2.22. The average Bonchev–Trinajstić information content (AvgIpc) is 2.90. The Kier molecular flexibility index (Phi) is 2.48. The summed E-state index contributed by atoms with van der Waals surface area (Å²) in [6.07, 6.45) is 2.26. The van der Waals surface area contributed by atoms with Gasteiger partial charge in [-0.3, -0.25) is 0 Å². The van der Waals surface area contributed by atoms with Crippen LogP contribution in [-0.4, -0.2) is 22.3 Å². The molecule has 1 atom stereocenters. The predicted molar refractivity (Wildman–Crippen MR) is 63.1 cm³/mol. The minimum absolute atomic E-state index is 0.165. The van der Waals surface area contributed by atoms with Gasteiger partial charge < -0.3 is 15.0 Å². The first-order valence-corrected chi connectivity index (χ1v) is 5.77. The van der Waals surface area contributed by atoms with Crippen molar-refractivity contribution < 1.29 is 9.13 Å². The Hall–Kier alpha value is -1.62. The molecule has 1 saturated heterocycles. The second-order valence-electron chi connectivity index (χ2n) is 4.35. The first-order chi connectivity index (χ1) is 8.24. The fourth-order valence-electron chi connectivity index (χ4n) is 2.30. The van der Waals surface area contributed by atoms with Crippen molar-refractivity contribution in [3.63, 3.8) is 0 Å². The fourth-order valence-corrected chi connectivity index (χ4v) is 2.30. The molecule has 1 aromatic carbocycles. The van der Waals surface area contributed by atoms with E-state index in [4.69, 9.17) is 10.5 Å². The average molecular weight is 235 g/mol. The first kappa shape index (κ1) is 10.5. The van der Waals surface area contributed by atoms with Gasteiger partial charge in [-0.05, 0) is 31.0 Å². The van der Waals surface area contributed by atoms with Gasteiger partial charge in [-0.25, -0.2) is 9.37 Å². The molecule has 0 aliphatic carbocycles. The van der Waals surface area contributed by atoms with E-state index in [1.165, 1.54) is 12.1 Å². The third-order valence-corrected chi connectivity index (χ3v) is 3.15. The summed E-state index contributed by atoms with van der Waals surface area (Å²) in [5, 5.41) is 0. The smallest absolute Gasteiger partial charge is 0.201 e. The highest BCUT2D eigenvalue weighted by atomic mass is 19.1. The van der Waals surface area contributed by atoms with Crippen LogP contribution in [0.2, 0.25) is 0 Å². The van der Waals surface area contributed by atoms with E-state index in [9.17, 15) is 4.39 Å². The minimum Gasteiger partial charge on any atom is -0.376 e. The maximum atomic E-state index is 13.2. The zero-order valence-corrected chi connectivity index (χ0v) is 9.40. The number of nitrogens with zero attached hydrogens (tertiary/aromatic N) is 2. The van der Waals surface area contributed by atoms with Crippen molar-refractivity contribution in [3.05, 3.63) is 24.0 Å². The summed E-state index contributed by atoms with van der Waals surface area (Å²) in [7, 11) is 0. The van der Waals surface area contributed by atoms with Crippen LogP contribution >= 0.6 is 0 Å². The molecular weight excluding hydrogens is 221 g/mol. The van der Waals surface area contributed by atoms with Crippen LogP contribution < -0.4 is 5.73 Å². The topological polar surface area (TPSA) is 53.1 Å². The summed E-state index contributed by atoms with van der Waals surface area (Å²) in [6.45, 7) is 1.44. The summed E-state index contributed by atoms with van der Waals surface area (Å²) < 4.78 is 20.6. The molecule has 2 N–H and O–H groups in total. The third kappa shape index (κ3) is 1.86. The molecule has 1 fully saturated rings. The number of rotatable bonds is 2. The number of hydrogen-bond donors (Lipinski definition) is 1. The number of hydrogen-bond acceptors (Lipinski definition) is 3. The van der Waals surface area contributed by atoms with E-state index in [0.717, 1.165) is 30.5 Å². The number of nitrogens with two attached hydrogens (primary N) is 1. The number of imidazole rings is 1. The Bertz CT molecular complexity index is 546. The van der Waals surface area contributed by atoms with Crippen LogP contribution in [-0.2, 0) is 11.3 Å². The van der Waals surface area contributed by atoms with Gasteiger partial charge in [0.25, 0.3) is 0 Å². The molecule has 2 aromatic rings. The van der Waals surface area contributed by atoms with Crippen molar-refractivity contribution in [1.82, 2.24) is 9.55 Å². The molecule has 4 nitrogen and oxygen atoms in total. The SMILES string of the molecule is Nc1nc2ccc(F)cc2n1CC1CCCO1. The number of nitrogen functional groups attached to an aromatic ring is 1. The van der Waals surface area contributed by atoms with Gasteiger partial charge in [0.2, 0.25) is 5.95 Å². The molecular formula is C12H14FN3O. The Balaban J connectivity index is 2.01. The molecule has 0 radical (unpaired) electrons. The molecule has 3 rings (SSSR count). The maximum Gasteiger partial charge on any atom is 0.201 e. The lowest BCUT2D eigenvalue weighted by Crippen LogP contribution is -2.16. The second kappa shape index (κ2) is 4.00. The number of benzene rings is 1. The van der Waals surface area contributed by atoms with Gasteiger partial charge in [-0.1, -0.05) is 0 Å². The van der Waals surface area contributed by atoms with Gasteiger partial charge in [0.15, 0.2) is 0 Å². The normalized spacial score (nSPS) is 20.2. The van der Waals surface area contributed by atoms with Crippen molar-refractivity contribution in [2.75, 3.05) is 12.3 Å². The zero-order valence-electron chi connectivity index (χ0n) is 9.40. The van der Waals surface area contributed by atoms with Gasteiger partial charge in [0, 0.05) is 6.61 Å². The molecule has 2 heterocycles. The van der Waals surface area contributed by atoms with Gasteiger partial charge in [0.1, 0.15) is 5.82 Å². The van der Waals surface area contributed by atoms with Crippen molar-refractivity contribution in [2.24, 2.45) is 0 Å². The number of halogens is 1. The van der Waals surface area contributed by atoms with E-state index < -0.39 is 0 Å². The van der Waals surface area contributed by atoms with Crippen molar-refractivity contribution in [3.8, 4) is 0 Å². The summed E-state index contributed by atoms with van der Waals surface area (Å²) in [5.74, 6) is 0.145. The van der Waals surface area contributed by atoms with E-state index >= 15 is 0 Å². The van der Waals surface area contributed by atoms with Gasteiger partial charge in [-0.2, -0.15) is 0 Å². The predicted octanol–water partition coefficient (Wildman–Crippen LogP) is 1.94. The van der Waals surface area contributed by atoms with Crippen molar-refractivity contribution in [1.29, 1.82) is 0 Å². The molecule has 90 valence electrons. The Morgan fingerprint density at radius 2 is 2.41 bits per heavy atom. The monoisotopic (exact) mass is 235 g/mol. The highest BCUT2D eigenvalue weighted by molar-refractivity contribution is 5.78. The first-order valence-electron chi connectivity index (χ1n) is 5.77. The third-order valence-electron chi connectivity index (χ3n) is 3.15. The van der Waals surface area contributed by atoms with Crippen LogP contribution in [0.1, 0.15) is 12.8 Å².